The summed E-state index contributed by atoms with van der Waals surface area (Å²) in [7, 11) is 0. The number of carbonyl (C=O) groups excluding carboxylic acids is 1. The third-order valence-corrected chi connectivity index (χ3v) is 2.57. The topological polar surface area (TPSA) is 133 Å². The van der Waals surface area contributed by atoms with Crippen LogP contribution in [-0.4, -0.2) is 27.3 Å². The van der Waals surface area contributed by atoms with Crippen LogP contribution in [0.2, 0.25) is 0 Å². The molecule has 9 nitrogen and oxygen atoms in total. The molecule has 24 heavy (non-hydrogen) atoms. The molecule has 0 saturated heterocycles. The third kappa shape index (κ3) is 5.72. The molecule has 9 heteroatoms. The Bertz CT molecular complexity index is 746. The maximum Gasteiger partial charge on any atom is 0.310 e. The van der Waals surface area contributed by atoms with E-state index in [2.05, 4.69) is 0 Å². The van der Waals surface area contributed by atoms with Gasteiger partial charge in [-0.3, -0.25) is 25.0 Å². The van der Waals surface area contributed by atoms with Crippen LogP contribution in [0.15, 0.2) is 48.5 Å². The monoisotopic (exact) mass is 334 g/mol. The first-order valence-corrected chi connectivity index (χ1v) is 6.61. The molecule has 0 amide bonds. The zero-order valence-corrected chi connectivity index (χ0v) is 12.6. The molecule has 0 atom stereocenters. The molecular formula is C15H14N2O7. The van der Waals surface area contributed by atoms with Gasteiger partial charge < -0.3 is 9.84 Å². The van der Waals surface area contributed by atoms with E-state index in [1.54, 1.807) is 12.1 Å². The number of carbonyl (C=O) groups is 1. The van der Waals surface area contributed by atoms with E-state index in [-0.39, 0.29) is 35.3 Å². The molecule has 2 aromatic carbocycles. The lowest BCUT2D eigenvalue weighted by atomic mass is 10.3. The van der Waals surface area contributed by atoms with E-state index in [0.29, 0.717) is 0 Å². The summed E-state index contributed by atoms with van der Waals surface area (Å²) < 4.78 is 4.97. The molecule has 0 aliphatic carbocycles. The SMILES string of the molecule is CC(=O)COc1ccccc1[N+](=O)[O-].O=[N+]([O-])c1ccccc1O. The summed E-state index contributed by atoms with van der Waals surface area (Å²) in [5, 5.41) is 29.4. The molecule has 0 saturated carbocycles. The van der Waals surface area contributed by atoms with Gasteiger partial charge >= 0.3 is 11.4 Å². The van der Waals surface area contributed by atoms with Crippen molar-refractivity contribution in [2.45, 2.75) is 6.92 Å². The quantitative estimate of drug-likeness (QED) is 0.656. The summed E-state index contributed by atoms with van der Waals surface area (Å²) in [4.78, 5) is 30.0. The summed E-state index contributed by atoms with van der Waals surface area (Å²) >= 11 is 0. The molecule has 0 unspecified atom stereocenters. The zero-order chi connectivity index (χ0) is 18.1. The summed E-state index contributed by atoms with van der Waals surface area (Å²) in [6.07, 6.45) is 0. The number of phenolic OH excluding ortho intramolecular Hbond substituents is 1. The Morgan fingerprint density at radius 1 is 1.00 bits per heavy atom. The van der Waals surface area contributed by atoms with Gasteiger partial charge in [0.15, 0.2) is 17.3 Å². The van der Waals surface area contributed by atoms with Crippen molar-refractivity contribution in [3.8, 4) is 11.5 Å². The van der Waals surface area contributed by atoms with Gasteiger partial charge in [0.05, 0.1) is 9.85 Å². The predicted octanol–water partition coefficient (Wildman–Crippen LogP) is 2.86. The Labute approximate surface area is 136 Å². The average molecular weight is 334 g/mol. The van der Waals surface area contributed by atoms with Crippen molar-refractivity contribution >= 4 is 17.2 Å². The number of para-hydroxylation sites is 4. The molecule has 2 rings (SSSR count). The standard InChI is InChI=1S/C9H9NO4.C6H5NO3/c1-7(11)6-14-9-5-3-2-4-8(9)10(12)13;8-6-4-2-1-3-5(6)7(9)10/h2-5H,6H2,1H3;1-4,8H. The summed E-state index contributed by atoms with van der Waals surface area (Å²) in [5.74, 6) is -0.358. The van der Waals surface area contributed by atoms with Crippen LogP contribution in [0.3, 0.4) is 0 Å². The second kappa shape index (κ2) is 8.83. The number of rotatable bonds is 5. The first kappa shape index (κ1) is 18.6. The van der Waals surface area contributed by atoms with Gasteiger partial charge in [-0.25, -0.2) is 0 Å². The van der Waals surface area contributed by atoms with E-state index in [9.17, 15) is 25.0 Å². The summed E-state index contributed by atoms with van der Waals surface area (Å²) in [5.41, 5.74) is -0.392. The number of aromatic hydroxyl groups is 1. The lowest BCUT2D eigenvalue weighted by Crippen LogP contribution is -2.07. The molecule has 0 bridgehead atoms. The number of Topliss-reactive ketones (excluding diaryl/α,β-unsaturated/α-hetero) is 1. The van der Waals surface area contributed by atoms with E-state index >= 15 is 0 Å². The smallest absolute Gasteiger partial charge is 0.310 e. The van der Waals surface area contributed by atoms with Gasteiger partial charge in [0, 0.05) is 12.1 Å². The van der Waals surface area contributed by atoms with Crippen molar-refractivity contribution < 1.29 is 24.5 Å². The van der Waals surface area contributed by atoms with Gasteiger partial charge in [0.25, 0.3) is 0 Å². The van der Waals surface area contributed by atoms with Crippen LogP contribution in [-0.2, 0) is 4.79 Å². The minimum absolute atomic E-state index is 0.118. The maximum atomic E-state index is 10.6. The Kier molecular flexibility index (Phi) is 6.83. The molecule has 0 aliphatic heterocycles. The largest absolute Gasteiger partial charge is 0.502 e. The van der Waals surface area contributed by atoms with E-state index in [1.807, 2.05) is 0 Å². The van der Waals surface area contributed by atoms with Gasteiger partial charge in [0.2, 0.25) is 0 Å². The highest BCUT2D eigenvalue weighted by Crippen LogP contribution is 2.25. The minimum Gasteiger partial charge on any atom is -0.502 e. The third-order valence-electron chi connectivity index (χ3n) is 2.57. The average Bonchev–Trinajstić information content (AvgIpc) is 2.54. The summed E-state index contributed by atoms with van der Waals surface area (Å²) in [6, 6.07) is 11.5. The molecule has 0 fully saturated rings. The number of nitro groups is 2. The number of ether oxygens (including phenoxy) is 1. The lowest BCUT2D eigenvalue weighted by molar-refractivity contribution is -0.386. The predicted molar refractivity (Wildman–Crippen MR) is 84.0 cm³/mol. The van der Waals surface area contributed by atoms with Crippen LogP contribution in [0.25, 0.3) is 0 Å². The normalized spacial score (nSPS) is 9.38. The van der Waals surface area contributed by atoms with Crippen molar-refractivity contribution in [1.29, 1.82) is 0 Å². The van der Waals surface area contributed by atoms with Crippen LogP contribution in [0, 0.1) is 20.2 Å². The van der Waals surface area contributed by atoms with Gasteiger partial charge in [-0.05, 0) is 19.1 Å². The fourth-order valence-corrected chi connectivity index (χ4v) is 1.53. The lowest BCUT2D eigenvalue weighted by Gasteiger charge is -2.03. The minimum atomic E-state index is -0.630. The second-order valence-corrected chi connectivity index (χ2v) is 4.46. The van der Waals surface area contributed by atoms with Crippen LogP contribution in [0.5, 0.6) is 11.5 Å². The Morgan fingerprint density at radius 2 is 1.50 bits per heavy atom. The van der Waals surface area contributed by atoms with E-state index in [1.165, 1.54) is 43.3 Å². The van der Waals surface area contributed by atoms with Gasteiger partial charge in [0.1, 0.15) is 6.61 Å². The fraction of sp³-hybridized carbons (Fsp3) is 0.133. The van der Waals surface area contributed by atoms with Crippen molar-refractivity contribution in [2.24, 2.45) is 0 Å². The van der Waals surface area contributed by atoms with Crippen molar-refractivity contribution in [2.75, 3.05) is 6.61 Å². The van der Waals surface area contributed by atoms with E-state index in [4.69, 9.17) is 9.84 Å². The van der Waals surface area contributed by atoms with Gasteiger partial charge in [-0.15, -0.1) is 0 Å². The number of nitro benzene ring substituents is 2. The number of benzene rings is 2. The number of ketones is 1. The number of hydrogen-bond donors (Lipinski definition) is 1. The Morgan fingerprint density at radius 3 is 1.96 bits per heavy atom. The van der Waals surface area contributed by atoms with E-state index in [0.717, 1.165) is 0 Å². The van der Waals surface area contributed by atoms with Crippen molar-refractivity contribution in [3.63, 3.8) is 0 Å². The maximum absolute atomic E-state index is 10.6. The molecular weight excluding hydrogens is 320 g/mol. The highest BCUT2D eigenvalue weighted by atomic mass is 16.6. The second-order valence-electron chi connectivity index (χ2n) is 4.46. The zero-order valence-electron chi connectivity index (χ0n) is 12.6. The first-order chi connectivity index (χ1) is 11.3. The van der Waals surface area contributed by atoms with Crippen LogP contribution < -0.4 is 4.74 Å². The molecule has 1 N–H and O–H groups in total. The van der Waals surface area contributed by atoms with Crippen LogP contribution in [0.4, 0.5) is 11.4 Å². The Balaban J connectivity index is 0.000000254. The molecule has 0 aliphatic rings. The van der Waals surface area contributed by atoms with Crippen LogP contribution >= 0.6 is 0 Å². The van der Waals surface area contributed by atoms with E-state index < -0.39 is 9.85 Å². The highest BCUT2D eigenvalue weighted by Gasteiger charge is 2.13. The molecule has 2 aromatic rings. The van der Waals surface area contributed by atoms with Crippen molar-refractivity contribution in [3.05, 3.63) is 68.8 Å². The van der Waals surface area contributed by atoms with Gasteiger partial charge in [-0.1, -0.05) is 24.3 Å². The van der Waals surface area contributed by atoms with Gasteiger partial charge in [-0.2, -0.15) is 0 Å². The van der Waals surface area contributed by atoms with Crippen LogP contribution in [0.1, 0.15) is 6.92 Å². The Hall–Kier alpha value is -3.49. The van der Waals surface area contributed by atoms with Crippen molar-refractivity contribution in [1.82, 2.24) is 0 Å². The number of phenols is 1. The molecule has 0 spiro atoms. The molecule has 0 radical (unpaired) electrons. The highest BCUT2D eigenvalue weighted by molar-refractivity contribution is 5.77. The summed E-state index contributed by atoms with van der Waals surface area (Å²) in [6.45, 7) is 1.21. The molecule has 0 aromatic heterocycles. The molecule has 126 valence electrons. The fourth-order valence-electron chi connectivity index (χ4n) is 1.53. The first-order valence-electron chi connectivity index (χ1n) is 6.61. The number of nitrogens with zero attached hydrogens (tertiary/aromatic N) is 2. The molecule has 0 heterocycles. The number of hydrogen-bond acceptors (Lipinski definition) is 7.